The van der Waals surface area contributed by atoms with Gasteiger partial charge in [0.15, 0.2) is 11.6 Å². The number of hydrogen-bond acceptors (Lipinski definition) is 3. The average molecular weight is 258 g/mol. The van der Waals surface area contributed by atoms with E-state index in [1.807, 2.05) is 0 Å². The normalized spacial score (nSPS) is 10.3. The van der Waals surface area contributed by atoms with Crippen LogP contribution in [0.5, 0.6) is 5.75 Å². The van der Waals surface area contributed by atoms with E-state index in [9.17, 15) is 13.6 Å². The maximum absolute atomic E-state index is 13.5. The number of benzene rings is 1. The summed E-state index contributed by atoms with van der Waals surface area (Å²) in [5, 5.41) is 0.977. The Balaban J connectivity index is 2.63. The van der Waals surface area contributed by atoms with Crippen molar-refractivity contribution < 1.29 is 18.3 Å². The number of hydrogen-bond donors (Lipinski definition) is 1. The smallest absolute Gasteiger partial charge is 0.236 e. The summed E-state index contributed by atoms with van der Waals surface area (Å²) in [5.74, 6) is 3.71. The molecule has 1 amide bonds. The lowest BCUT2D eigenvalue weighted by atomic mass is 10.1. The fraction of sp³-hybridized carbons (Fsp3) is 0.417. The first kappa shape index (κ1) is 14.4. The van der Waals surface area contributed by atoms with Gasteiger partial charge in [-0.3, -0.25) is 9.80 Å². The van der Waals surface area contributed by atoms with Crippen molar-refractivity contribution in [3.63, 3.8) is 0 Å². The summed E-state index contributed by atoms with van der Waals surface area (Å²) in [5.41, 5.74) is 0.223. The molecule has 0 radical (unpaired) electrons. The summed E-state index contributed by atoms with van der Waals surface area (Å²) in [6.45, 7) is 0. The van der Waals surface area contributed by atoms with Crippen LogP contribution in [0.3, 0.4) is 0 Å². The molecule has 100 valence electrons. The second-order valence-electron chi connectivity index (χ2n) is 3.94. The lowest BCUT2D eigenvalue weighted by Crippen LogP contribution is -2.32. The van der Waals surface area contributed by atoms with Gasteiger partial charge in [0.25, 0.3) is 0 Å². The van der Waals surface area contributed by atoms with Crippen LogP contribution in [0.1, 0.15) is 18.4 Å². The number of ether oxygens (including phenoxy) is 1. The molecule has 0 aliphatic heterocycles. The number of amides is 1. The minimum atomic E-state index is -0.615. The highest BCUT2D eigenvalue weighted by Crippen LogP contribution is 2.22. The van der Waals surface area contributed by atoms with Crippen molar-refractivity contribution in [3.05, 3.63) is 29.3 Å². The molecule has 0 unspecified atom stereocenters. The lowest BCUT2D eigenvalue weighted by Gasteiger charge is -2.10. The third-order valence-corrected chi connectivity index (χ3v) is 2.55. The maximum atomic E-state index is 13.5. The summed E-state index contributed by atoms with van der Waals surface area (Å²) in [6, 6.07) is 2.09. The Hall–Kier alpha value is -1.69. The van der Waals surface area contributed by atoms with E-state index in [0.29, 0.717) is 6.42 Å². The summed E-state index contributed by atoms with van der Waals surface area (Å²) in [6.07, 6.45) is 0.871. The molecule has 1 aromatic rings. The average Bonchev–Trinajstić information content (AvgIpc) is 2.32. The van der Waals surface area contributed by atoms with Crippen molar-refractivity contribution in [1.29, 1.82) is 0 Å². The molecule has 0 spiro atoms. The number of carbonyl (C=O) groups is 1. The van der Waals surface area contributed by atoms with Gasteiger partial charge in [-0.2, -0.15) is 0 Å². The van der Waals surface area contributed by atoms with E-state index >= 15 is 0 Å². The Bertz CT molecular complexity index is 436. The van der Waals surface area contributed by atoms with Crippen molar-refractivity contribution in [2.45, 2.75) is 19.3 Å². The molecule has 0 aliphatic rings. The van der Waals surface area contributed by atoms with Gasteiger partial charge in [-0.25, -0.2) is 14.6 Å². The quantitative estimate of drug-likeness (QED) is 0.496. The highest BCUT2D eigenvalue weighted by atomic mass is 19.1. The van der Waals surface area contributed by atoms with Gasteiger partial charge in [0.2, 0.25) is 5.91 Å². The third-order valence-electron chi connectivity index (χ3n) is 2.55. The van der Waals surface area contributed by atoms with Crippen molar-refractivity contribution >= 4 is 5.91 Å². The number of methoxy groups -OCH3 is 1. The van der Waals surface area contributed by atoms with E-state index in [4.69, 9.17) is 5.84 Å². The topological polar surface area (TPSA) is 55.6 Å². The molecule has 2 N–H and O–H groups in total. The number of aryl methyl sites for hydroxylation is 1. The van der Waals surface area contributed by atoms with Crippen LogP contribution in [0.2, 0.25) is 0 Å². The predicted molar refractivity (Wildman–Crippen MR) is 62.8 cm³/mol. The first-order chi connectivity index (χ1) is 8.45. The Morgan fingerprint density at radius 1 is 1.39 bits per heavy atom. The number of carbonyl (C=O) groups excluding carboxylic acids is 1. The van der Waals surface area contributed by atoms with Gasteiger partial charge in [-0.05, 0) is 24.5 Å². The molecule has 0 bridgehead atoms. The fourth-order valence-electron chi connectivity index (χ4n) is 1.52. The van der Waals surface area contributed by atoms with E-state index in [-0.39, 0.29) is 30.1 Å². The lowest BCUT2D eigenvalue weighted by molar-refractivity contribution is -0.130. The molecule has 0 saturated carbocycles. The minimum absolute atomic E-state index is 0.131. The van der Waals surface area contributed by atoms with Gasteiger partial charge in [0, 0.05) is 19.5 Å². The van der Waals surface area contributed by atoms with Crippen molar-refractivity contribution in [3.8, 4) is 5.75 Å². The molecular formula is C12H16F2N2O2. The summed E-state index contributed by atoms with van der Waals surface area (Å²) in [4.78, 5) is 11.2. The molecule has 0 aromatic heterocycles. The molecule has 1 aromatic carbocycles. The zero-order valence-electron chi connectivity index (χ0n) is 10.4. The van der Waals surface area contributed by atoms with Crippen LogP contribution >= 0.6 is 0 Å². The van der Waals surface area contributed by atoms with Crippen LogP contribution in [0.25, 0.3) is 0 Å². The summed E-state index contributed by atoms with van der Waals surface area (Å²) < 4.78 is 31.6. The highest BCUT2D eigenvalue weighted by Gasteiger charge is 2.11. The monoisotopic (exact) mass is 258 g/mol. The molecule has 0 atom stereocenters. The minimum Gasteiger partial charge on any atom is -0.494 e. The molecule has 1 rings (SSSR count). The van der Waals surface area contributed by atoms with E-state index in [0.717, 1.165) is 17.1 Å². The van der Waals surface area contributed by atoms with Gasteiger partial charge in [0.05, 0.1) is 7.11 Å². The van der Waals surface area contributed by atoms with Crippen LogP contribution in [-0.4, -0.2) is 25.1 Å². The maximum Gasteiger partial charge on any atom is 0.236 e. The molecule has 18 heavy (non-hydrogen) atoms. The Kier molecular flexibility index (Phi) is 5.03. The second kappa shape index (κ2) is 6.30. The van der Waals surface area contributed by atoms with Crippen LogP contribution in [0.15, 0.2) is 12.1 Å². The SMILES string of the molecule is COc1cc(F)c(CCCC(=O)N(C)N)cc1F. The molecule has 0 aliphatic carbocycles. The van der Waals surface area contributed by atoms with E-state index in [1.165, 1.54) is 14.2 Å². The Labute approximate surface area is 104 Å². The number of rotatable bonds is 5. The highest BCUT2D eigenvalue weighted by molar-refractivity contribution is 5.75. The number of nitrogens with zero attached hydrogens (tertiary/aromatic N) is 1. The van der Waals surface area contributed by atoms with Crippen molar-refractivity contribution in [2.24, 2.45) is 5.84 Å². The molecule has 0 saturated heterocycles. The van der Waals surface area contributed by atoms with E-state index in [2.05, 4.69) is 4.74 Å². The van der Waals surface area contributed by atoms with Gasteiger partial charge in [-0.15, -0.1) is 0 Å². The zero-order valence-corrected chi connectivity index (χ0v) is 10.4. The first-order valence-electron chi connectivity index (χ1n) is 5.49. The van der Waals surface area contributed by atoms with E-state index < -0.39 is 11.6 Å². The standard InChI is InChI=1S/C12H16F2N2O2/c1-16(15)12(17)5-3-4-8-6-10(14)11(18-2)7-9(8)13/h6-7H,3-5,15H2,1-2H3. The molecule has 4 nitrogen and oxygen atoms in total. The Morgan fingerprint density at radius 3 is 2.61 bits per heavy atom. The van der Waals surface area contributed by atoms with Crippen molar-refractivity contribution in [1.82, 2.24) is 5.01 Å². The zero-order chi connectivity index (χ0) is 13.7. The second-order valence-corrected chi connectivity index (χ2v) is 3.94. The third kappa shape index (κ3) is 3.66. The molecule has 6 heteroatoms. The van der Waals surface area contributed by atoms with Crippen LogP contribution in [0, 0.1) is 11.6 Å². The van der Waals surface area contributed by atoms with Gasteiger partial charge >= 0.3 is 0 Å². The Morgan fingerprint density at radius 2 is 2.06 bits per heavy atom. The number of nitrogens with two attached hydrogens (primary N) is 1. The predicted octanol–water partition coefficient (Wildman–Crippen LogP) is 1.63. The molecule has 0 fully saturated rings. The number of hydrazine groups is 1. The number of halogens is 2. The van der Waals surface area contributed by atoms with Crippen LogP contribution in [0.4, 0.5) is 8.78 Å². The largest absolute Gasteiger partial charge is 0.494 e. The van der Waals surface area contributed by atoms with E-state index in [1.54, 1.807) is 0 Å². The van der Waals surface area contributed by atoms with Crippen LogP contribution in [-0.2, 0) is 11.2 Å². The molecular weight excluding hydrogens is 242 g/mol. The summed E-state index contributed by atoms with van der Waals surface area (Å²) >= 11 is 0. The van der Waals surface area contributed by atoms with Crippen molar-refractivity contribution in [2.75, 3.05) is 14.2 Å². The fourth-order valence-corrected chi connectivity index (χ4v) is 1.52. The summed E-state index contributed by atoms with van der Waals surface area (Å²) in [7, 11) is 2.71. The van der Waals surface area contributed by atoms with Gasteiger partial charge in [0.1, 0.15) is 5.82 Å². The van der Waals surface area contributed by atoms with Gasteiger partial charge < -0.3 is 4.74 Å². The molecule has 0 heterocycles. The van der Waals surface area contributed by atoms with Gasteiger partial charge in [-0.1, -0.05) is 0 Å². The van der Waals surface area contributed by atoms with Crippen LogP contribution < -0.4 is 10.6 Å². The first-order valence-corrected chi connectivity index (χ1v) is 5.49.